The number of hydrogen-bond donors (Lipinski definition) is 2. The van der Waals surface area contributed by atoms with Gasteiger partial charge < -0.3 is 25.0 Å². The van der Waals surface area contributed by atoms with Gasteiger partial charge in [0, 0.05) is 19.6 Å². The molecule has 8 nitrogen and oxygen atoms in total. The van der Waals surface area contributed by atoms with Crippen LogP contribution in [-0.2, 0) is 14.3 Å². The van der Waals surface area contributed by atoms with Gasteiger partial charge in [0.15, 0.2) is 5.96 Å². The maximum absolute atomic E-state index is 12.0. The van der Waals surface area contributed by atoms with Crippen LogP contribution in [-0.4, -0.2) is 68.9 Å². The lowest BCUT2D eigenvalue weighted by atomic mass is 9.99. The lowest BCUT2D eigenvalue weighted by Gasteiger charge is -2.23. The molecule has 1 saturated heterocycles. The Labute approximate surface area is 186 Å². The zero-order valence-corrected chi connectivity index (χ0v) is 20.3. The number of aliphatic imine (C=N–C) groups is 1. The van der Waals surface area contributed by atoms with E-state index in [1.165, 1.54) is 7.11 Å². The number of nitrogens with one attached hydrogen (secondary N) is 2. The van der Waals surface area contributed by atoms with Crippen LogP contribution in [0.25, 0.3) is 0 Å². The minimum atomic E-state index is -0.413. The molecule has 0 aromatic rings. The van der Waals surface area contributed by atoms with E-state index >= 15 is 0 Å². The maximum atomic E-state index is 12.0. The van der Waals surface area contributed by atoms with Gasteiger partial charge in [0.05, 0.1) is 32.2 Å². The third kappa shape index (κ3) is 8.83. The van der Waals surface area contributed by atoms with Crippen LogP contribution < -0.4 is 10.6 Å². The summed E-state index contributed by atoms with van der Waals surface area (Å²) in [5, 5.41) is 6.18. The third-order valence-corrected chi connectivity index (χ3v) is 4.57. The van der Waals surface area contributed by atoms with Crippen LogP contribution in [0, 0.1) is 17.8 Å². The second-order valence-corrected chi connectivity index (χ2v) is 7.40. The molecule has 3 unspecified atom stereocenters. The van der Waals surface area contributed by atoms with Gasteiger partial charge in [0.2, 0.25) is 0 Å². The third-order valence-electron chi connectivity index (χ3n) is 4.57. The number of methoxy groups -OCH3 is 1. The van der Waals surface area contributed by atoms with E-state index in [1.54, 1.807) is 6.92 Å². The second kappa shape index (κ2) is 13.8. The molecule has 0 aromatic heterocycles. The van der Waals surface area contributed by atoms with Gasteiger partial charge in [-0.25, -0.2) is 4.79 Å². The molecule has 1 amide bonds. The Morgan fingerprint density at radius 2 is 1.93 bits per heavy atom. The van der Waals surface area contributed by atoms with Gasteiger partial charge in [-0.15, -0.1) is 24.0 Å². The summed E-state index contributed by atoms with van der Waals surface area (Å²) in [6.45, 7) is 12.9. The largest absolute Gasteiger partial charge is 0.469 e. The van der Waals surface area contributed by atoms with E-state index in [-0.39, 0.29) is 47.8 Å². The summed E-state index contributed by atoms with van der Waals surface area (Å²) >= 11 is 0. The molecule has 3 atom stereocenters. The minimum Gasteiger partial charge on any atom is -0.469 e. The number of amides is 1. The van der Waals surface area contributed by atoms with Crippen LogP contribution in [0.15, 0.2) is 4.99 Å². The molecule has 0 bridgehead atoms. The van der Waals surface area contributed by atoms with Crippen LogP contribution in [0.4, 0.5) is 4.79 Å². The summed E-state index contributed by atoms with van der Waals surface area (Å²) < 4.78 is 9.91. The highest BCUT2D eigenvalue weighted by Crippen LogP contribution is 2.24. The van der Waals surface area contributed by atoms with Crippen LogP contribution in [0.5, 0.6) is 0 Å². The number of hydrogen-bond acceptors (Lipinski definition) is 5. The van der Waals surface area contributed by atoms with Crippen molar-refractivity contribution in [2.45, 2.75) is 47.1 Å². The molecule has 0 saturated carbocycles. The molecule has 164 valence electrons. The Morgan fingerprint density at radius 1 is 1.25 bits per heavy atom. The fourth-order valence-electron chi connectivity index (χ4n) is 3.31. The molecule has 9 heteroatoms. The highest BCUT2D eigenvalue weighted by atomic mass is 127. The van der Waals surface area contributed by atoms with Gasteiger partial charge in [-0.05, 0) is 32.1 Å². The molecule has 0 radical (unpaired) electrons. The van der Waals surface area contributed by atoms with Gasteiger partial charge in [0.25, 0.3) is 0 Å². The quantitative estimate of drug-likeness (QED) is 0.225. The van der Waals surface area contributed by atoms with E-state index in [0.29, 0.717) is 25.6 Å². The van der Waals surface area contributed by atoms with Crippen molar-refractivity contribution in [3.05, 3.63) is 0 Å². The number of rotatable bonds is 8. The first-order valence-corrected chi connectivity index (χ1v) is 9.86. The summed E-state index contributed by atoms with van der Waals surface area (Å²) in [6, 6.07) is -0.103. The zero-order chi connectivity index (χ0) is 20.4. The average molecular weight is 512 g/mol. The predicted octanol–water partition coefficient (Wildman–Crippen LogP) is 2.47. The lowest BCUT2D eigenvalue weighted by Crippen LogP contribution is -2.43. The molecule has 2 N–H and O–H groups in total. The Hall–Kier alpha value is -1.26. The van der Waals surface area contributed by atoms with Crippen molar-refractivity contribution >= 4 is 42.0 Å². The lowest BCUT2D eigenvalue weighted by molar-refractivity contribution is -0.145. The highest BCUT2D eigenvalue weighted by molar-refractivity contribution is 14.0. The van der Waals surface area contributed by atoms with Crippen LogP contribution in [0.2, 0.25) is 0 Å². The smallest absolute Gasteiger partial charge is 0.407 e. The summed E-state index contributed by atoms with van der Waals surface area (Å²) in [5.74, 6) is 1.05. The first kappa shape index (κ1) is 26.7. The van der Waals surface area contributed by atoms with E-state index in [0.717, 1.165) is 25.5 Å². The van der Waals surface area contributed by atoms with Gasteiger partial charge in [-0.1, -0.05) is 20.8 Å². The number of halogens is 1. The molecule has 1 rings (SSSR count). The van der Waals surface area contributed by atoms with E-state index in [1.807, 2.05) is 6.92 Å². The Morgan fingerprint density at radius 3 is 2.46 bits per heavy atom. The van der Waals surface area contributed by atoms with Crippen LogP contribution in [0.1, 0.15) is 41.0 Å². The van der Waals surface area contributed by atoms with Crippen molar-refractivity contribution in [3.8, 4) is 0 Å². The Kier molecular flexibility index (Phi) is 13.2. The number of carbonyl (C=O) groups excluding carboxylic acids is 2. The van der Waals surface area contributed by atoms with E-state index in [9.17, 15) is 9.59 Å². The maximum Gasteiger partial charge on any atom is 0.407 e. The fourth-order valence-corrected chi connectivity index (χ4v) is 3.31. The standard InChI is InChI=1S/C19H36N4O4.HI/c1-7-20-18(23-11-14(5)16(12-23)17(24)26-6)21-10-15(9-13(3)4)22-19(25)27-8-2;/h13-16H,7-12H2,1-6H3,(H,20,21)(H,22,25);1H. The molecule has 0 aliphatic carbocycles. The average Bonchev–Trinajstić information content (AvgIpc) is 2.99. The monoisotopic (exact) mass is 512 g/mol. The summed E-state index contributed by atoms with van der Waals surface area (Å²) in [5.41, 5.74) is 0. The number of likely N-dealkylation sites (tertiary alicyclic amines) is 1. The molecule has 0 spiro atoms. The number of nitrogens with zero attached hydrogens (tertiary/aromatic N) is 2. The normalized spacial score (nSPS) is 20.4. The van der Waals surface area contributed by atoms with Gasteiger partial charge in [-0.2, -0.15) is 0 Å². The number of esters is 1. The minimum absolute atomic E-state index is 0. The number of alkyl carbamates (subject to hydrolysis) is 1. The Balaban J connectivity index is 0.00000729. The highest BCUT2D eigenvalue weighted by Gasteiger charge is 2.36. The van der Waals surface area contributed by atoms with Gasteiger partial charge in [0.1, 0.15) is 0 Å². The van der Waals surface area contributed by atoms with Crippen LogP contribution >= 0.6 is 24.0 Å². The summed E-state index contributed by atoms with van der Waals surface area (Å²) in [4.78, 5) is 30.6. The first-order chi connectivity index (χ1) is 12.8. The molecule has 1 fully saturated rings. The predicted molar refractivity (Wildman–Crippen MR) is 121 cm³/mol. The van der Waals surface area contributed by atoms with E-state index in [2.05, 4.69) is 36.3 Å². The van der Waals surface area contributed by atoms with Gasteiger partial charge in [-0.3, -0.25) is 9.79 Å². The SMILES string of the molecule is CCNC(=NCC(CC(C)C)NC(=O)OCC)N1CC(C)C(C(=O)OC)C1.I. The summed E-state index contributed by atoms with van der Waals surface area (Å²) in [6.07, 6.45) is 0.395. The number of carbonyl (C=O) groups is 2. The zero-order valence-electron chi connectivity index (χ0n) is 18.0. The molecule has 0 aromatic carbocycles. The van der Waals surface area contributed by atoms with Crippen molar-refractivity contribution < 1.29 is 19.1 Å². The van der Waals surface area contributed by atoms with E-state index in [4.69, 9.17) is 14.5 Å². The summed E-state index contributed by atoms with van der Waals surface area (Å²) in [7, 11) is 1.43. The van der Waals surface area contributed by atoms with Gasteiger partial charge >= 0.3 is 12.1 Å². The molecular formula is C19H37IN4O4. The second-order valence-electron chi connectivity index (χ2n) is 7.40. The number of guanidine groups is 1. The molecule has 1 heterocycles. The fraction of sp³-hybridized carbons (Fsp3) is 0.842. The molecule has 1 aliphatic heterocycles. The molecule has 28 heavy (non-hydrogen) atoms. The Bertz CT molecular complexity index is 516. The van der Waals surface area contributed by atoms with Crippen LogP contribution in [0.3, 0.4) is 0 Å². The van der Waals surface area contributed by atoms with Crippen molar-refractivity contribution in [2.75, 3.05) is 39.9 Å². The number of ether oxygens (including phenoxy) is 2. The van der Waals surface area contributed by atoms with Crippen molar-refractivity contribution in [2.24, 2.45) is 22.7 Å². The topological polar surface area (TPSA) is 92.3 Å². The first-order valence-electron chi connectivity index (χ1n) is 9.86. The molecular weight excluding hydrogens is 475 g/mol. The van der Waals surface area contributed by atoms with Crippen molar-refractivity contribution in [1.82, 2.24) is 15.5 Å². The molecule has 1 aliphatic rings. The van der Waals surface area contributed by atoms with E-state index < -0.39 is 6.09 Å². The van der Waals surface area contributed by atoms with Crippen molar-refractivity contribution in [1.29, 1.82) is 0 Å². The van der Waals surface area contributed by atoms with Crippen molar-refractivity contribution in [3.63, 3.8) is 0 Å².